The van der Waals surface area contributed by atoms with Crippen LogP contribution in [0.2, 0.25) is 5.02 Å². The summed E-state index contributed by atoms with van der Waals surface area (Å²) in [6, 6.07) is 5.50. The van der Waals surface area contributed by atoms with Gasteiger partial charge in [0.25, 0.3) is 0 Å². The molecule has 0 radical (unpaired) electrons. The molecule has 1 N–H and O–H groups in total. The van der Waals surface area contributed by atoms with Crippen LogP contribution in [0.3, 0.4) is 0 Å². The van der Waals surface area contributed by atoms with E-state index in [2.05, 4.69) is 24.6 Å². The van der Waals surface area contributed by atoms with Gasteiger partial charge in [0.2, 0.25) is 5.95 Å². The first-order chi connectivity index (χ1) is 18.0. The number of likely N-dealkylation sites (tertiary alicyclic amines) is 1. The van der Waals surface area contributed by atoms with E-state index in [-0.39, 0.29) is 23.4 Å². The van der Waals surface area contributed by atoms with E-state index >= 15 is 0 Å². The van der Waals surface area contributed by atoms with Gasteiger partial charge in [-0.05, 0) is 43.7 Å². The van der Waals surface area contributed by atoms with Crippen molar-refractivity contribution in [1.29, 1.82) is 0 Å². The van der Waals surface area contributed by atoms with Crippen LogP contribution in [0.25, 0.3) is 17.1 Å². The molecule has 0 aliphatic carbocycles. The van der Waals surface area contributed by atoms with Crippen molar-refractivity contribution in [3.8, 4) is 17.1 Å². The molecular formula is C25H28ClF4N7S. The third-order valence-corrected chi connectivity index (χ3v) is 7.95. The zero-order valence-electron chi connectivity index (χ0n) is 21.0. The van der Waals surface area contributed by atoms with Crippen LogP contribution in [0.4, 0.5) is 23.5 Å². The van der Waals surface area contributed by atoms with Gasteiger partial charge in [0, 0.05) is 51.2 Å². The molecule has 2 aliphatic heterocycles. The smallest absolute Gasteiger partial charge is 0.351 e. The topological polar surface area (TPSA) is 62.1 Å². The fourth-order valence-electron chi connectivity index (χ4n) is 4.91. The Hall–Kier alpha value is -2.41. The van der Waals surface area contributed by atoms with Crippen molar-refractivity contribution in [2.75, 3.05) is 37.8 Å². The summed E-state index contributed by atoms with van der Waals surface area (Å²) in [5, 5.41) is 3.60. The predicted octanol–water partition coefficient (Wildman–Crippen LogP) is 5.70. The summed E-state index contributed by atoms with van der Waals surface area (Å²) in [6.45, 7) is 4.63. The van der Waals surface area contributed by atoms with Gasteiger partial charge in [0.15, 0.2) is 0 Å². The Kier molecular flexibility index (Phi) is 7.60. The molecule has 7 nitrogen and oxygen atoms in total. The van der Waals surface area contributed by atoms with Gasteiger partial charge in [-0.2, -0.15) is 13.2 Å². The van der Waals surface area contributed by atoms with Crippen molar-refractivity contribution in [2.45, 2.75) is 44.2 Å². The first-order valence-corrected chi connectivity index (χ1v) is 13.8. The van der Waals surface area contributed by atoms with Crippen LogP contribution in [0.5, 0.6) is 0 Å². The van der Waals surface area contributed by atoms with Gasteiger partial charge in [-0.1, -0.05) is 29.6 Å². The fourth-order valence-corrected chi connectivity index (χ4v) is 5.79. The summed E-state index contributed by atoms with van der Waals surface area (Å²) >= 11 is 8.20. The number of hydrogen-bond donors (Lipinski definition) is 1. The lowest BCUT2D eigenvalue weighted by Gasteiger charge is -2.42. The molecule has 0 spiro atoms. The number of rotatable bonds is 7. The molecule has 3 aromatic rings. The van der Waals surface area contributed by atoms with E-state index in [1.54, 1.807) is 35.6 Å². The molecule has 0 unspecified atom stereocenters. The SMILES string of the molecule is CSN1CCC(Nc2ncc(C(F)(F)F)c(-c3cn(-c4ccc(CN5CC(C)(F)C5)cc4Cl)cn3)n2)CC1. The molecule has 4 heterocycles. The summed E-state index contributed by atoms with van der Waals surface area (Å²) in [5.74, 6) is 0.142. The Balaban J connectivity index is 1.36. The monoisotopic (exact) mass is 569 g/mol. The summed E-state index contributed by atoms with van der Waals surface area (Å²) < 4.78 is 59.1. The Morgan fingerprint density at radius 3 is 2.55 bits per heavy atom. The molecule has 0 saturated carbocycles. The molecule has 1 aromatic carbocycles. The van der Waals surface area contributed by atoms with E-state index in [0.29, 0.717) is 30.3 Å². The Labute approximate surface area is 227 Å². The van der Waals surface area contributed by atoms with Crippen LogP contribution in [-0.2, 0) is 12.7 Å². The normalized spacial score (nSPS) is 18.9. The van der Waals surface area contributed by atoms with E-state index in [0.717, 1.165) is 37.7 Å². The van der Waals surface area contributed by atoms with Crippen molar-refractivity contribution in [3.63, 3.8) is 0 Å². The van der Waals surface area contributed by atoms with Gasteiger partial charge in [0.1, 0.15) is 28.9 Å². The summed E-state index contributed by atoms with van der Waals surface area (Å²) in [6.07, 6.45) is 2.75. The largest absolute Gasteiger partial charge is 0.420 e. The molecule has 0 amide bonds. The first kappa shape index (κ1) is 27.2. The Morgan fingerprint density at radius 1 is 1.18 bits per heavy atom. The number of imidazole rings is 1. The van der Waals surface area contributed by atoms with Crippen molar-refractivity contribution in [1.82, 2.24) is 28.7 Å². The number of nitrogens with zero attached hydrogens (tertiary/aromatic N) is 6. The lowest BCUT2D eigenvalue weighted by molar-refractivity contribution is -0.137. The number of anilines is 1. The highest BCUT2D eigenvalue weighted by Gasteiger charge is 2.38. The number of benzene rings is 1. The first-order valence-electron chi connectivity index (χ1n) is 12.2. The van der Waals surface area contributed by atoms with E-state index < -0.39 is 17.4 Å². The van der Waals surface area contributed by atoms with Gasteiger partial charge in [-0.3, -0.25) is 9.21 Å². The van der Waals surface area contributed by atoms with Crippen LogP contribution in [-0.4, -0.2) is 72.9 Å². The zero-order valence-corrected chi connectivity index (χ0v) is 22.5. The third kappa shape index (κ3) is 6.08. The average Bonchev–Trinajstić information content (AvgIpc) is 3.33. The van der Waals surface area contributed by atoms with Crippen LogP contribution >= 0.6 is 23.5 Å². The second-order valence-corrected chi connectivity index (χ2v) is 11.3. The molecule has 2 aromatic heterocycles. The number of nitrogens with one attached hydrogen (secondary N) is 1. The second kappa shape index (κ2) is 10.6. The molecule has 2 fully saturated rings. The Morgan fingerprint density at radius 2 is 1.92 bits per heavy atom. The fraction of sp³-hybridized carbons (Fsp3) is 0.480. The van der Waals surface area contributed by atoms with Crippen LogP contribution in [0.1, 0.15) is 30.9 Å². The maximum Gasteiger partial charge on any atom is 0.420 e. The maximum atomic E-state index is 13.8. The van der Waals surface area contributed by atoms with E-state index in [4.69, 9.17) is 11.6 Å². The average molecular weight is 570 g/mol. The highest BCUT2D eigenvalue weighted by molar-refractivity contribution is 7.96. The van der Waals surface area contributed by atoms with Crippen molar-refractivity contribution in [3.05, 3.63) is 53.1 Å². The van der Waals surface area contributed by atoms with Crippen LogP contribution in [0, 0.1) is 0 Å². The van der Waals surface area contributed by atoms with Crippen LogP contribution < -0.4 is 5.32 Å². The number of halogens is 5. The number of alkyl halides is 4. The molecule has 38 heavy (non-hydrogen) atoms. The lowest BCUT2D eigenvalue weighted by Crippen LogP contribution is -2.56. The van der Waals surface area contributed by atoms with Gasteiger partial charge in [-0.25, -0.2) is 19.3 Å². The maximum absolute atomic E-state index is 13.8. The third-order valence-electron chi connectivity index (χ3n) is 6.77. The molecule has 2 saturated heterocycles. The standard InChI is InChI=1S/C25H28ClF4N7S/c1-24(27)13-35(14-24)11-16-3-4-21(19(26)9-16)36-12-20(32-15-36)22-18(25(28,29)30)10-31-23(34-22)33-17-5-7-37(38-2)8-6-17/h3-4,9-10,12,15,17H,5-8,11,13-14H2,1-2H3,(H,31,33,34). The minimum absolute atomic E-state index is 0.0583. The quantitative estimate of drug-likeness (QED) is 0.289. The number of piperidine rings is 1. The molecule has 204 valence electrons. The lowest BCUT2D eigenvalue weighted by atomic mass is 9.98. The predicted molar refractivity (Wildman–Crippen MR) is 141 cm³/mol. The molecular weight excluding hydrogens is 542 g/mol. The van der Waals surface area contributed by atoms with Crippen molar-refractivity contribution >= 4 is 29.5 Å². The van der Waals surface area contributed by atoms with Gasteiger partial charge in [0.05, 0.1) is 10.7 Å². The summed E-state index contributed by atoms with van der Waals surface area (Å²) in [7, 11) is 0. The minimum Gasteiger partial charge on any atom is -0.351 e. The minimum atomic E-state index is -4.65. The molecule has 2 aliphatic rings. The van der Waals surface area contributed by atoms with Gasteiger partial charge in [-0.15, -0.1) is 0 Å². The van der Waals surface area contributed by atoms with Crippen molar-refractivity contribution in [2.24, 2.45) is 0 Å². The van der Waals surface area contributed by atoms with E-state index in [9.17, 15) is 17.6 Å². The zero-order chi connectivity index (χ0) is 27.1. The summed E-state index contributed by atoms with van der Waals surface area (Å²) in [4.78, 5) is 14.4. The van der Waals surface area contributed by atoms with Gasteiger partial charge < -0.3 is 9.88 Å². The molecule has 0 bridgehead atoms. The highest BCUT2D eigenvalue weighted by atomic mass is 35.5. The number of hydrogen-bond acceptors (Lipinski definition) is 7. The highest BCUT2D eigenvalue weighted by Crippen LogP contribution is 2.36. The molecule has 13 heteroatoms. The van der Waals surface area contributed by atoms with Gasteiger partial charge >= 0.3 is 6.18 Å². The number of aromatic nitrogens is 4. The van der Waals surface area contributed by atoms with E-state index in [1.807, 2.05) is 17.2 Å². The van der Waals surface area contributed by atoms with Crippen LogP contribution in [0.15, 0.2) is 36.9 Å². The molecule has 0 atom stereocenters. The van der Waals surface area contributed by atoms with Crippen molar-refractivity contribution < 1.29 is 17.6 Å². The summed E-state index contributed by atoms with van der Waals surface area (Å²) in [5.41, 5.74) is -0.869. The molecule has 5 rings (SSSR count). The Bertz CT molecular complexity index is 1280. The van der Waals surface area contributed by atoms with E-state index in [1.165, 1.54) is 12.5 Å². The second-order valence-electron chi connectivity index (χ2n) is 9.99.